The minimum atomic E-state index is 0.267. The molecule has 0 spiro atoms. The first kappa shape index (κ1) is 15.9. The van der Waals surface area contributed by atoms with Crippen LogP contribution in [0.4, 0.5) is 11.5 Å². The fourth-order valence-electron chi connectivity index (χ4n) is 3.01. The topological polar surface area (TPSA) is 67.1 Å². The Hall–Kier alpha value is -2.63. The number of anilines is 2. The fourth-order valence-corrected chi connectivity index (χ4v) is 3.01. The SMILES string of the molecule is CC(C)c1nnc2c(NCc3ccccc3)cc(NC3CCC3)nn12. The quantitative estimate of drug-likeness (QED) is 0.716. The molecule has 0 atom stereocenters. The highest BCUT2D eigenvalue weighted by atomic mass is 15.4. The number of nitrogens with one attached hydrogen (secondary N) is 2. The Kier molecular flexibility index (Phi) is 4.26. The highest BCUT2D eigenvalue weighted by Gasteiger charge is 2.20. The molecule has 6 heteroatoms. The van der Waals surface area contributed by atoms with E-state index >= 15 is 0 Å². The van der Waals surface area contributed by atoms with Crippen molar-refractivity contribution in [1.29, 1.82) is 0 Å². The van der Waals surface area contributed by atoms with Crippen molar-refractivity contribution in [3.05, 3.63) is 47.8 Å². The average molecular weight is 336 g/mol. The highest BCUT2D eigenvalue weighted by molar-refractivity contribution is 5.70. The second-order valence-corrected chi connectivity index (χ2v) is 7.00. The molecule has 4 rings (SSSR count). The Bertz CT molecular complexity index is 851. The van der Waals surface area contributed by atoms with Gasteiger partial charge in [0.2, 0.25) is 5.65 Å². The van der Waals surface area contributed by atoms with Gasteiger partial charge in [0.15, 0.2) is 5.82 Å². The summed E-state index contributed by atoms with van der Waals surface area (Å²) in [6, 6.07) is 12.9. The van der Waals surface area contributed by atoms with Gasteiger partial charge in [-0.3, -0.25) is 0 Å². The maximum atomic E-state index is 4.73. The standard InChI is InChI=1S/C19H24N6/c1-13(2)18-22-23-19-16(20-12-14-7-4-3-5-8-14)11-17(24-25(18)19)21-15-9-6-10-15/h3-5,7-8,11,13,15,20H,6,9-10,12H2,1-2H3,(H,21,24). The van der Waals surface area contributed by atoms with Crippen molar-refractivity contribution in [2.45, 2.75) is 51.6 Å². The maximum absolute atomic E-state index is 4.73. The van der Waals surface area contributed by atoms with Gasteiger partial charge in [-0.25, -0.2) is 0 Å². The van der Waals surface area contributed by atoms with Crippen LogP contribution >= 0.6 is 0 Å². The summed E-state index contributed by atoms with van der Waals surface area (Å²) >= 11 is 0. The van der Waals surface area contributed by atoms with E-state index in [0.29, 0.717) is 6.04 Å². The lowest BCUT2D eigenvalue weighted by Gasteiger charge is -2.27. The molecule has 1 aliphatic rings. The minimum Gasteiger partial charge on any atom is -0.378 e. The second kappa shape index (κ2) is 6.70. The molecule has 1 aliphatic carbocycles. The van der Waals surface area contributed by atoms with Gasteiger partial charge in [-0.1, -0.05) is 44.2 Å². The summed E-state index contributed by atoms with van der Waals surface area (Å²) in [4.78, 5) is 0. The molecule has 0 radical (unpaired) electrons. The largest absolute Gasteiger partial charge is 0.378 e. The third-order valence-electron chi connectivity index (χ3n) is 4.69. The molecule has 0 aliphatic heterocycles. The summed E-state index contributed by atoms with van der Waals surface area (Å²) in [5.41, 5.74) is 2.97. The van der Waals surface area contributed by atoms with Crippen LogP contribution < -0.4 is 10.6 Å². The molecular weight excluding hydrogens is 312 g/mol. The van der Waals surface area contributed by atoms with Crippen molar-refractivity contribution in [1.82, 2.24) is 19.8 Å². The highest BCUT2D eigenvalue weighted by Crippen LogP contribution is 2.26. The van der Waals surface area contributed by atoms with Gasteiger partial charge >= 0.3 is 0 Å². The number of aromatic nitrogens is 4. The van der Waals surface area contributed by atoms with Gasteiger partial charge in [0.25, 0.3) is 0 Å². The van der Waals surface area contributed by atoms with Crippen LogP contribution in [0.3, 0.4) is 0 Å². The Morgan fingerprint density at radius 3 is 2.64 bits per heavy atom. The minimum absolute atomic E-state index is 0.267. The van der Waals surface area contributed by atoms with Gasteiger partial charge in [0.1, 0.15) is 5.82 Å². The van der Waals surface area contributed by atoms with E-state index in [1.54, 1.807) is 0 Å². The first-order valence-electron chi connectivity index (χ1n) is 9.01. The van der Waals surface area contributed by atoms with E-state index in [4.69, 9.17) is 5.10 Å². The Balaban J connectivity index is 1.67. The smallest absolute Gasteiger partial charge is 0.201 e. The average Bonchev–Trinajstić information content (AvgIpc) is 3.01. The summed E-state index contributed by atoms with van der Waals surface area (Å²) in [6.07, 6.45) is 3.72. The molecular formula is C19H24N6. The van der Waals surface area contributed by atoms with Crippen LogP contribution in [0.25, 0.3) is 5.65 Å². The number of nitrogens with zero attached hydrogens (tertiary/aromatic N) is 4. The lowest BCUT2D eigenvalue weighted by atomic mass is 9.93. The number of benzene rings is 1. The van der Waals surface area contributed by atoms with Crippen molar-refractivity contribution in [3.63, 3.8) is 0 Å². The van der Waals surface area contributed by atoms with E-state index in [2.05, 4.69) is 65.0 Å². The number of fused-ring (bicyclic) bond motifs is 1. The molecule has 0 saturated heterocycles. The third kappa shape index (κ3) is 3.29. The number of hydrogen-bond acceptors (Lipinski definition) is 5. The number of rotatable bonds is 6. The van der Waals surface area contributed by atoms with Crippen molar-refractivity contribution in [3.8, 4) is 0 Å². The first-order chi connectivity index (χ1) is 12.2. The van der Waals surface area contributed by atoms with Crippen molar-refractivity contribution in [2.24, 2.45) is 0 Å². The molecule has 3 aromatic rings. The van der Waals surface area contributed by atoms with Gasteiger partial charge < -0.3 is 10.6 Å². The summed E-state index contributed by atoms with van der Waals surface area (Å²) in [7, 11) is 0. The monoisotopic (exact) mass is 336 g/mol. The molecule has 1 fully saturated rings. The van der Waals surface area contributed by atoms with Gasteiger partial charge in [-0.2, -0.15) is 4.52 Å². The Labute approximate surface area is 147 Å². The second-order valence-electron chi connectivity index (χ2n) is 7.00. The van der Waals surface area contributed by atoms with Crippen molar-refractivity contribution in [2.75, 3.05) is 10.6 Å². The van der Waals surface area contributed by atoms with E-state index in [1.807, 2.05) is 10.6 Å². The molecule has 1 saturated carbocycles. The molecule has 0 amide bonds. The normalized spacial score (nSPS) is 14.7. The maximum Gasteiger partial charge on any atom is 0.201 e. The lowest BCUT2D eigenvalue weighted by Crippen LogP contribution is -2.28. The van der Waals surface area contributed by atoms with Gasteiger partial charge in [-0.05, 0) is 24.8 Å². The Morgan fingerprint density at radius 2 is 1.96 bits per heavy atom. The molecule has 25 heavy (non-hydrogen) atoms. The van der Waals surface area contributed by atoms with E-state index in [9.17, 15) is 0 Å². The molecule has 2 heterocycles. The molecule has 2 N–H and O–H groups in total. The molecule has 0 unspecified atom stereocenters. The summed E-state index contributed by atoms with van der Waals surface area (Å²) in [6.45, 7) is 4.97. The van der Waals surface area contributed by atoms with Gasteiger partial charge in [0, 0.05) is 24.6 Å². The number of hydrogen-bond donors (Lipinski definition) is 2. The van der Waals surface area contributed by atoms with Gasteiger partial charge in [0.05, 0.1) is 5.69 Å². The van der Waals surface area contributed by atoms with Crippen LogP contribution in [0, 0.1) is 0 Å². The van der Waals surface area contributed by atoms with Crippen LogP contribution in [0.1, 0.15) is 50.4 Å². The molecule has 6 nitrogen and oxygen atoms in total. The van der Waals surface area contributed by atoms with E-state index in [0.717, 1.165) is 29.5 Å². The van der Waals surface area contributed by atoms with Crippen LogP contribution in [0.2, 0.25) is 0 Å². The van der Waals surface area contributed by atoms with Crippen LogP contribution in [-0.2, 0) is 6.54 Å². The predicted octanol–water partition coefficient (Wildman–Crippen LogP) is 3.82. The Morgan fingerprint density at radius 1 is 1.16 bits per heavy atom. The molecule has 1 aromatic carbocycles. The zero-order chi connectivity index (χ0) is 17.2. The fraction of sp³-hybridized carbons (Fsp3) is 0.421. The van der Waals surface area contributed by atoms with E-state index < -0.39 is 0 Å². The molecule has 130 valence electrons. The van der Waals surface area contributed by atoms with Crippen LogP contribution in [0.15, 0.2) is 36.4 Å². The van der Waals surface area contributed by atoms with Crippen LogP contribution in [0.5, 0.6) is 0 Å². The van der Waals surface area contributed by atoms with E-state index in [-0.39, 0.29) is 5.92 Å². The molecule has 2 aromatic heterocycles. The molecule has 0 bridgehead atoms. The van der Waals surface area contributed by atoms with Gasteiger partial charge in [-0.15, -0.1) is 15.3 Å². The predicted molar refractivity (Wildman–Crippen MR) is 99.9 cm³/mol. The van der Waals surface area contributed by atoms with Crippen molar-refractivity contribution >= 4 is 17.2 Å². The van der Waals surface area contributed by atoms with Crippen LogP contribution in [-0.4, -0.2) is 25.9 Å². The lowest BCUT2D eigenvalue weighted by molar-refractivity contribution is 0.443. The zero-order valence-electron chi connectivity index (χ0n) is 14.7. The first-order valence-corrected chi connectivity index (χ1v) is 9.01. The summed E-state index contributed by atoms with van der Waals surface area (Å²) < 4.78 is 1.87. The van der Waals surface area contributed by atoms with Crippen molar-refractivity contribution < 1.29 is 0 Å². The third-order valence-corrected chi connectivity index (χ3v) is 4.69. The van der Waals surface area contributed by atoms with E-state index in [1.165, 1.54) is 24.8 Å². The summed E-state index contributed by atoms with van der Waals surface area (Å²) in [5.74, 6) is 2.04. The summed E-state index contributed by atoms with van der Waals surface area (Å²) in [5, 5.41) is 20.5. The zero-order valence-corrected chi connectivity index (χ0v) is 14.7.